The number of piperazine rings is 1. The second kappa shape index (κ2) is 10.1. The first-order valence-corrected chi connectivity index (χ1v) is 10.5. The molecule has 0 saturated carbocycles. The first-order valence-electron chi connectivity index (χ1n) is 10.5. The Morgan fingerprint density at radius 3 is 2.86 bits per heavy atom. The molecule has 0 aromatic heterocycles. The number of hydrogen-bond donors (Lipinski definition) is 2. The second-order valence-electron chi connectivity index (χ2n) is 8.03. The van der Waals surface area contributed by atoms with Crippen LogP contribution in [0.3, 0.4) is 0 Å². The van der Waals surface area contributed by atoms with Crippen molar-refractivity contribution in [1.29, 1.82) is 0 Å². The van der Waals surface area contributed by atoms with Gasteiger partial charge in [0, 0.05) is 57.0 Å². The van der Waals surface area contributed by atoms with Crippen LogP contribution in [0.2, 0.25) is 0 Å². The van der Waals surface area contributed by atoms with E-state index in [9.17, 15) is 4.39 Å². The van der Waals surface area contributed by atoms with E-state index in [0.29, 0.717) is 12.1 Å². The Hall–Kier alpha value is -1.86. The van der Waals surface area contributed by atoms with Gasteiger partial charge in [0.25, 0.3) is 0 Å². The van der Waals surface area contributed by atoms with Crippen molar-refractivity contribution in [3.8, 4) is 0 Å². The number of nitrogens with zero attached hydrogens (tertiary/aromatic N) is 4. The molecule has 2 atom stereocenters. The molecule has 0 amide bonds. The summed E-state index contributed by atoms with van der Waals surface area (Å²) in [5.74, 6) is 0.708. The van der Waals surface area contributed by atoms with E-state index < -0.39 is 0 Å². The molecule has 2 unspecified atom stereocenters. The smallest absolute Gasteiger partial charge is 0.191 e. The second-order valence-corrected chi connectivity index (χ2v) is 8.03. The molecule has 2 aliphatic rings. The van der Waals surface area contributed by atoms with E-state index in [0.717, 1.165) is 70.3 Å². The number of halogens is 1. The zero-order valence-corrected chi connectivity index (χ0v) is 17.5. The van der Waals surface area contributed by atoms with Gasteiger partial charge in [0.2, 0.25) is 0 Å². The summed E-state index contributed by atoms with van der Waals surface area (Å²) in [6.45, 7) is 8.81. The van der Waals surface area contributed by atoms with Crippen LogP contribution in [0, 0.1) is 5.82 Å². The Labute approximate surface area is 168 Å². The maximum atomic E-state index is 13.6. The molecular weight excluding hydrogens is 355 g/mol. The van der Waals surface area contributed by atoms with Gasteiger partial charge < -0.3 is 20.4 Å². The Morgan fingerprint density at radius 2 is 2.07 bits per heavy atom. The molecule has 2 saturated heterocycles. The lowest BCUT2D eigenvalue weighted by Crippen LogP contribution is -2.53. The van der Waals surface area contributed by atoms with Crippen LogP contribution in [-0.2, 0) is 0 Å². The third-order valence-corrected chi connectivity index (χ3v) is 5.72. The van der Waals surface area contributed by atoms with Crippen molar-refractivity contribution in [3.05, 3.63) is 30.1 Å². The molecule has 1 aromatic carbocycles. The molecule has 2 N–H and O–H groups in total. The molecule has 2 heterocycles. The van der Waals surface area contributed by atoms with Gasteiger partial charge in [0.05, 0.1) is 6.54 Å². The topological polar surface area (TPSA) is 46.1 Å². The fourth-order valence-corrected chi connectivity index (χ4v) is 4.01. The van der Waals surface area contributed by atoms with Crippen molar-refractivity contribution in [1.82, 2.24) is 20.4 Å². The summed E-state index contributed by atoms with van der Waals surface area (Å²) in [6, 6.07) is 7.65. The highest BCUT2D eigenvalue weighted by Crippen LogP contribution is 2.20. The lowest BCUT2D eigenvalue weighted by molar-refractivity contribution is 0.119. The number of anilines is 1. The maximum absolute atomic E-state index is 13.6. The van der Waals surface area contributed by atoms with Gasteiger partial charge in [-0.15, -0.1) is 0 Å². The van der Waals surface area contributed by atoms with Crippen molar-refractivity contribution < 1.29 is 4.39 Å². The number of likely N-dealkylation sites (N-methyl/N-ethyl adjacent to an activating group) is 2. The third-order valence-electron chi connectivity index (χ3n) is 5.72. The fourth-order valence-electron chi connectivity index (χ4n) is 4.01. The van der Waals surface area contributed by atoms with Crippen LogP contribution >= 0.6 is 0 Å². The molecule has 2 fully saturated rings. The Kier molecular flexibility index (Phi) is 7.50. The summed E-state index contributed by atoms with van der Waals surface area (Å²) in [5.41, 5.74) is 0.959. The number of piperidine rings is 1. The number of rotatable bonds is 5. The monoisotopic (exact) mass is 390 g/mol. The van der Waals surface area contributed by atoms with E-state index in [1.54, 1.807) is 12.1 Å². The van der Waals surface area contributed by atoms with E-state index in [-0.39, 0.29) is 5.82 Å². The van der Waals surface area contributed by atoms with Gasteiger partial charge in [-0.1, -0.05) is 6.07 Å². The molecule has 7 heteroatoms. The van der Waals surface area contributed by atoms with Crippen molar-refractivity contribution in [2.24, 2.45) is 4.99 Å². The van der Waals surface area contributed by atoms with Crippen molar-refractivity contribution in [3.63, 3.8) is 0 Å². The van der Waals surface area contributed by atoms with Gasteiger partial charge >= 0.3 is 0 Å². The molecule has 0 bridgehead atoms. The first kappa shape index (κ1) is 20.9. The Balaban J connectivity index is 1.59. The summed E-state index contributed by atoms with van der Waals surface area (Å²) in [7, 11) is 4.36. The molecule has 0 spiro atoms. The highest BCUT2D eigenvalue weighted by Gasteiger charge is 2.23. The van der Waals surface area contributed by atoms with Crippen molar-refractivity contribution in [2.45, 2.75) is 31.8 Å². The predicted molar refractivity (Wildman–Crippen MR) is 115 cm³/mol. The predicted octanol–water partition coefficient (Wildman–Crippen LogP) is 1.60. The molecule has 3 rings (SSSR count). The minimum atomic E-state index is -0.177. The molecule has 156 valence electrons. The van der Waals surface area contributed by atoms with Gasteiger partial charge in [0.15, 0.2) is 5.96 Å². The third kappa shape index (κ3) is 5.82. The quantitative estimate of drug-likeness (QED) is 0.591. The van der Waals surface area contributed by atoms with Crippen LogP contribution in [0.4, 0.5) is 10.1 Å². The molecule has 1 aromatic rings. The number of benzene rings is 1. The maximum Gasteiger partial charge on any atom is 0.191 e. The summed E-state index contributed by atoms with van der Waals surface area (Å²) in [4.78, 5) is 11.9. The van der Waals surface area contributed by atoms with Gasteiger partial charge in [-0.05, 0) is 52.1 Å². The van der Waals surface area contributed by atoms with E-state index in [1.807, 2.05) is 6.07 Å². The summed E-state index contributed by atoms with van der Waals surface area (Å²) in [6.07, 6.45) is 2.19. The summed E-state index contributed by atoms with van der Waals surface area (Å²) in [5, 5.41) is 7.00. The molecule has 6 nitrogen and oxygen atoms in total. The Morgan fingerprint density at radius 1 is 1.21 bits per heavy atom. The lowest BCUT2D eigenvalue weighted by Gasteiger charge is -2.37. The van der Waals surface area contributed by atoms with Gasteiger partial charge in [-0.2, -0.15) is 0 Å². The number of guanidine groups is 1. The number of nitrogens with one attached hydrogen (secondary N) is 2. The summed E-state index contributed by atoms with van der Waals surface area (Å²) >= 11 is 0. The van der Waals surface area contributed by atoms with Crippen LogP contribution < -0.4 is 15.5 Å². The first-order chi connectivity index (χ1) is 13.5. The lowest BCUT2D eigenvalue weighted by atomic mass is 10.0. The average Bonchev–Trinajstić information content (AvgIpc) is 2.69. The van der Waals surface area contributed by atoms with Crippen LogP contribution in [0.25, 0.3) is 0 Å². The van der Waals surface area contributed by atoms with Crippen LogP contribution in [-0.4, -0.2) is 87.8 Å². The van der Waals surface area contributed by atoms with Crippen LogP contribution in [0.15, 0.2) is 29.3 Å². The normalized spacial score (nSPS) is 25.0. The largest absolute Gasteiger partial charge is 0.369 e. The highest BCUT2D eigenvalue weighted by atomic mass is 19.1. The fraction of sp³-hybridized carbons (Fsp3) is 0.667. The SMILES string of the molecule is CCNC(=NCC1CN(C)CCN1C)NC1CCCN(c2cccc(F)c2)C1. The average molecular weight is 391 g/mol. The van der Waals surface area contributed by atoms with E-state index in [4.69, 9.17) is 4.99 Å². The Bertz CT molecular complexity index is 652. The van der Waals surface area contributed by atoms with Gasteiger partial charge in [-0.3, -0.25) is 9.89 Å². The van der Waals surface area contributed by atoms with E-state index in [1.165, 1.54) is 6.07 Å². The summed E-state index contributed by atoms with van der Waals surface area (Å²) < 4.78 is 13.6. The standard InChI is InChI=1S/C21H35FN6/c1-4-23-21(24-14-20-16-26(2)11-12-27(20)3)25-18-8-6-10-28(15-18)19-9-5-7-17(22)13-19/h5,7,9,13,18,20H,4,6,8,10-12,14-16H2,1-3H3,(H2,23,24,25). The van der Waals surface area contributed by atoms with Crippen LogP contribution in [0.1, 0.15) is 19.8 Å². The molecule has 28 heavy (non-hydrogen) atoms. The minimum absolute atomic E-state index is 0.177. The number of aliphatic imine (C=N–C) groups is 1. The molecular formula is C21H35FN6. The number of hydrogen-bond acceptors (Lipinski definition) is 4. The van der Waals surface area contributed by atoms with Crippen molar-refractivity contribution in [2.75, 3.05) is 64.8 Å². The van der Waals surface area contributed by atoms with Crippen molar-refractivity contribution >= 4 is 11.6 Å². The highest BCUT2D eigenvalue weighted by molar-refractivity contribution is 5.80. The van der Waals surface area contributed by atoms with Gasteiger partial charge in [0.1, 0.15) is 5.82 Å². The molecule has 2 aliphatic heterocycles. The minimum Gasteiger partial charge on any atom is -0.369 e. The zero-order chi connectivity index (χ0) is 19.9. The zero-order valence-electron chi connectivity index (χ0n) is 17.5. The van der Waals surface area contributed by atoms with E-state index in [2.05, 4.69) is 46.4 Å². The van der Waals surface area contributed by atoms with Gasteiger partial charge in [-0.25, -0.2) is 4.39 Å². The molecule has 0 radical (unpaired) electrons. The van der Waals surface area contributed by atoms with E-state index >= 15 is 0 Å². The van der Waals surface area contributed by atoms with Crippen LogP contribution in [0.5, 0.6) is 0 Å². The molecule has 0 aliphatic carbocycles.